The Labute approximate surface area is 374 Å². The van der Waals surface area contributed by atoms with E-state index in [1.165, 1.54) is 32.3 Å². The van der Waals surface area contributed by atoms with E-state index in [0.717, 1.165) is 71.2 Å². The molecule has 0 saturated heterocycles. The minimum Gasteiger partial charge on any atom is -0.454 e. The fraction of sp³-hybridized carbons (Fsp3) is 0.132. The molecule has 0 atom stereocenters. The molecular formula is C53H42FIrN3OSSi-2. The van der Waals surface area contributed by atoms with Gasteiger partial charge in [0.2, 0.25) is 0 Å². The number of thiophene rings is 1. The van der Waals surface area contributed by atoms with Gasteiger partial charge in [-0.15, -0.1) is 53.6 Å². The second-order valence-electron chi connectivity index (χ2n) is 16.6. The Balaban J connectivity index is 0.000000198. The van der Waals surface area contributed by atoms with E-state index >= 15 is 0 Å². The molecule has 0 spiro atoms. The topological polar surface area (TPSA) is 43.9 Å². The van der Waals surface area contributed by atoms with Crippen molar-refractivity contribution < 1.29 is 30.3 Å². The van der Waals surface area contributed by atoms with Gasteiger partial charge < -0.3 is 14.0 Å². The number of fused-ring (bicyclic) bond motifs is 8. The van der Waals surface area contributed by atoms with Crippen LogP contribution in [0, 0.1) is 24.9 Å². The van der Waals surface area contributed by atoms with Gasteiger partial charge in [0.15, 0.2) is 5.58 Å². The van der Waals surface area contributed by atoms with Gasteiger partial charge in [-0.2, -0.15) is 11.3 Å². The molecule has 4 nitrogen and oxygen atoms in total. The number of nitrogens with zero attached hydrogens (tertiary/aromatic N) is 3. The van der Waals surface area contributed by atoms with E-state index < -0.39 is 14.0 Å². The Hall–Kier alpha value is -5.76. The number of halogens is 1. The third-order valence-electron chi connectivity index (χ3n) is 11.3. The molecule has 0 aliphatic rings. The molecule has 4 heterocycles. The number of aromatic nitrogens is 3. The molecule has 61 heavy (non-hydrogen) atoms. The second kappa shape index (κ2) is 15.9. The maximum absolute atomic E-state index is 14.3. The van der Waals surface area contributed by atoms with E-state index in [-0.39, 0.29) is 25.9 Å². The van der Waals surface area contributed by atoms with Crippen LogP contribution in [0.4, 0.5) is 4.39 Å². The fourth-order valence-electron chi connectivity index (χ4n) is 8.37. The molecule has 8 heteroatoms. The van der Waals surface area contributed by atoms with Gasteiger partial charge in [-0.25, -0.2) is 4.39 Å². The monoisotopic (exact) mass is 1010 g/mol. The molecule has 0 unspecified atom stereocenters. The number of furan rings is 1. The molecule has 4 aromatic heterocycles. The number of hydrogen-bond donors (Lipinski definition) is 0. The molecule has 1 radical (unpaired) electrons. The van der Waals surface area contributed by atoms with Crippen LogP contribution in [0.25, 0.3) is 92.2 Å². The van der Waals surface area contributed by atoms with Gasteiger partial charge in [0.25, 0.3) is 0 Å². The van der Waals surface area contributed by atoms with Crippen molar-refractivity contribution in [1.82, 2.24) is 14.5 Å². The summed E-state index contributed by atoms with van der Waals surface area (Å²) in [5.41, 5.74) is 9.20. The molecule has 11 aromatic rings. The van der Waals surface area contributed by atoms with Crippen LogP contribution < -0.4 is 5.19 Å². The van der Waals surface area contributed by atoms with Crippen LogP contribution in [0.3, 0.4) is 0 Å². The molecule has 11 rings (SSSR count). The van der Waals surface area contributed by atoms with Gasteiger partial charge in [0.1, 0.15) is 11.4 Å². The largest absolute Gasteiger partial charge is 0.454 e. The summed E-state index contributed by atoms with van der Waals surface area (Å²) in [7, 11) is -1.50. The number of aryl methyl sites for hydroxylation is 1. The molecule has 7 aromatic carbocycles. The first-order valence-electron chi connectivity index (χ1n) is 20.7. The average molecular weight is 1010 g/mol. The predicted octanol–water partition coefficient (Wildman–Crippen LogP) is 14.6. The van der Waals surface area contributed by atoms with E-state index in [0.29, 0.717) is 11.2 Å². The normalized spacial score (nSPS) is 12.3. The molecular weight excluding hydrogens is 966 g/mol. The van der Waals surface area contributed by atoms with E-state index in [1.807, 2.05) is 56.4 Å². The van der Waals surface area contributed by atoms with Crippen LogP contribution in [-0.4, -0.2) is 22.6 Å². The molecule has 0 aliphatic heterocycles. The number of imidazole rings is 1. The summed E-state index contributed by atoms with van der Waals surface area (Å²) >= 11 is 1.77. The summed E-state index contributed by atoms with van der Waals surface area (Å²) in [4.78, 5) is 9.88. The Kier molecular flexibility index (Phi) is 10.3. The standard InChI is InChI=1S/C36H20FN2OS.C17H22NSi.Ir/c1-20-13-15-26(35-33(20)25-9-4-5-12-32(25)41-35)36-38-28-17-21-7-2-3-8-22(21)18-30(28)39(36)29-11-6-10-24-27-19-23(37)14-16-31(27)40-34(24)29;1-13(2)15-11-16(14-9-7-6-8-10-14)18-12-17(15)19(3,4)5;/h2-14,16-19H,1H3;6-9,11-13H,1-5H3;/q2*-1;/i;13D;. The SMILES string of the molecule is Cc1c[c-]c(-c2nc3cc4ccccc4cc3n2-c2cccc3c2oc2ccc(F)cc23)c2sc3ccccc3c12.[2H]C(C)(C)c1cc(-c2[c-]cccc2)ncc1[Si](C)(C)C.[Ir]. The number of rotatable bonds is 5. The van der Waals surface area contributed by atoms with Gasteiger partial charge >= 0.3 is 0 Å². The molecule has 0 bridgehead atoms. The number of para-hydroxylation sites is 1. The van der Waals surface area contributed by atoms with Crippen molar-refractivity contribution in [2.45, 2.75) is 46.3 Å². The molecule has 0 N–H and O–H groups in total. The number of hydrogen-bond acceptors (Lipinski definition) is 4. The van der Waals surface area contributed by atoms with Gasteiger partial charge in [0, 0.05) is 43.1 Å². The van der Waals surface area contributed by atoms with Crippen molar-refractivity contribution >= 4 is 88.5 Å². The zero-order valence-corrected chi connectivity index (χ0v) is 38.9. The summed E-state index contributed by atoms with van der Waals surface area (Å²) in [5.74, 6) is -0.0968. The van der Waals surface area contributed by atoms with Crippen molar-refractivity contribution in [3.05, 3.63) is 169 Å². The third kappa shape index (κ3) is 7.21. The smallest absolute Gasteiger partial charge is 0.158 e. The second-order valence-corrected chi connectivity index (χ2v) is 22.7. The minimum atomic E-state index is -1.50. The average Bonchev–Trinajstić information content (AvgIpc) is 3.94. The van der Waals surface area contributed by atoms with E-state index in [9.17, 15) is 4.39 Å². The van der Waals surface area contributed by atoms with Gasteiger partial charge in [-0.1, -0.05) is 118 Å². The van der Waals surface area contributed by atoms with Crippen molar-refractivity contribution in [1.29, 1.82) is 0 Å². The molecule has 0 saturated carbocycles. The Morgan fingerprint density at radius 2 is 1.57 bits per heavy atom. The van der Waals surface area contributed by atoms with Crippen molar-refractivity contribution in [2.75, 3.05) is 0 Å². The maximum atomic E-state index is 14.3. The number of benzene rings is 7. The van der Waals surface area contributed by atoms with Crippen LogP contribution in [-0.2, 0) is 20.1 Å². The molecule has 303 valence electrons. The Morgan fingerprint density at radius 1 is 0.820 bits per heavy atom. The Bertz CT molecular complexity index is 3490. The van der Waals surface area contributed by atoms with Crippen LogP contribution >= 0.6 is 11.3 Å². The first-order valence-corrected chi connectivity index (χ1v) is 24.5. The van der Waals surface area contributed by atoms with Crippen LogP contribution in [0.2, 0.25) is 19.6 Å². The van der Waals surface area contributed by atoms with E-state index in [4.69, 9.17) is 10.8 Å². The maximum Gasteiger partial charge on any atom is 0.158 e. The first-order chi connectivity index (χ1) is 29.3. The van der Waals surface area contributed by atoms with Gasteiger partial charge in [0.05, 0.1) is 30.6 Å². The quantitative estimate of drug-likeness (QED) is 0.127. The zero-order valence-electron chi connectivity index (χ0n) is 35.6. The summed E-state index contributed by atoms with van der Waals surface area (Å²) in [6.45, 7) is 12.9. The molecule has 0 aliphatic carbocycles. The summed E-state index contributed by atoms with van der Waals surface area (Å²) in [6, 6.07) is 50.8. The molecule has 0 amide bonds. The van der Waals surface area contributed by atoms with Crippen LogP contribution in [0.5, 0.6) is 0 Å². The third-order valence-corrected chi connectivity index (χ3v) is 14.5. The first kappa shape index (κ1) is 39.4. The molecule has 0 fully saturated rings. The van der Waals surface area contributed by atoms with Crippen molar-refractivity contribution in [3.63, 3.8) is 0 Å². The summed E-state index contributed by atoms with van der Waals surface area (Å²) in [5, 5.41) is 7.64. The minimum absolute atomic E-state index is 0. The van der Waals surface area contributed by atoms with Gasteiger partial charge in [-0.3, -0.25) is 4.98 Å². The fourth-order valence-corrected chi connectivity index (χ4v) is 11.2. The van der Waals surface area contributed by atoms with Crippen LogP contribution in [0.1, 0.15) is 32.2 Å². The van der Waals surface area contributed by atoms with Crippen molar-refractivity contribution in [3.8, 4) is 28.3 Å². The number of pyridine rings is 1. The zero-order chi connectivity index (χ0) is 42.2. The summed E-state index contributed by atoms with van der Waals surface area (Å²) < 4.78 is 33.7. The Morgan fingerprint density at radius 3 is 2.34 bits per heavy atom. The van der Waals surface area contributed by atoms with E-state index in [1.54, 1.807) is 23.5 Å². The van der Waals surface area contributed by atoms with Crippen LogP contribution in [0.15, 0.2) is 144 Å². The predicted molar refractivity (Wildman–Crippen MR) is 253 cm³/mol. The van der Waals surface area contributed by atoms with Crippen molar-refractivity contribution in [2.24, 2.45) is 0 Å². The summed E-state index contributed by atoms with van der Waals surface area (Å²) in [6.07, 6.45) is 1.98. The van der Waals surface area contributed by atoms with E-state index in [2.05, 4.69) is 127 Å². The van der Waals surface area contributed by atoms with Gasteiger partial charge in [-0.05, 0) is 80.1 Å².